The minimum absolute atomic E-state index is 0.239. The number of nitrogens with zero attached hydrogens (tertiary/aromatic N) is 2. The molecule has 0 heterocycles. The maximum absolute atomic E-state index is 14.1. The van der Waals surface area contributed by atoms with Crippen LogP contribution in [0.15, 0.2) is 46.7 Å². The van der Waals surface area contributed by atoms with Gasteiger partial charge in [0.25, 0.3) is 0 Å². The summed E-state index contributed by atoms with van der Waals surface area (Å²) in [4.78, 5) is 61.4. The monoisotopic (exact) mass is 736 g/mol. The molecule has 2 aromatic rings. The first-order valence-electron chi connectivity index (χ1n) is 18.7. The summed E-state index contributed by atoms with van der Waals surface area (Å²) in [5, 5.41) is 8.05. The van der Waals surface area contributed by atoms with Crippen molar-refractivity contribution in [2.45, 2.75) is 124 Å². The first-order valence-corrected chi connectivity index (χ1v) is 21.0. The van der Waals surface area contributed by atoms with Crippen LogP contribution in [0.1, 0.15) is 150 Å². The first kappa shape index (κ1) is 42.2. The molecule has 1 aliphatic rings. The zero-order valence-corrected chi connectivity index (χ0v) is 33.1. The van der Waals surface area contributed by atoms with E-state index in [0.717, 1.165) is 109 Å². The summed E-state index contributed by atoms with van der Waals surface area (Å²) < 4.78 is 0. The molecule has 0 aliphatic heterocycles. The Hall–Kier alpha value is -3.24. The summed E-state index contributed by atoms with van der Waals surface area (Å²) >= 11 is 3.76. The van der Waals surface area contributed by atoms with Crippen molar-refractivity contribution in [1.29, 1.82) is 0 Å². The van der Waals surface area contributed by atoms with Crippen molar-refractivity contribution in [3.63, 3.8) is 0 Å². The van der Waals surface area contributed by atoms with Crippen LogP contribution in [0, 0.1) is 0 Å². The Morgan fingerprint density at radius 2 is 1.02 bits per heavy atom. The molecule has 0 radical (unpaired) electrons. The van der Waals surface area contributed by atoms with E-state index in [-0.39, 0.29) is 23.0 Å². The smallest absolute Gasteiger partial charge is 0.318 e. The van der Waals surface area contributed by atoms with Gasteiger partial charge >= 0.3 is 11.9 Å². The Bertz CT molecular complexity index is 1450. The molecule has 0 spiro atoms. The van der Waals surface area contributed by atoms with E-state index in [1.165, 1.54) is 13.8 Å². The molecule has 8 nitrogen and oxygen atoms in total. The highest BCUT2D eigenvalue weighted by atomic mass is 32.2. The van der Waals surface area contributed by atoms with Crippen molar-refractivity contribution in [2.24, 2.45) is 10.3 Å². The molecule has 0 atom stereocenters. The lowest BCUT2D eigenvalue weighted by molar-refractivity contribution is -0.141. The van der Waals surface area contributed by atoms with Crippen LogP contribution < -0.4 is 0 Å². The van der Waals surface area contributed by atoms with E-state index >= 15 is 0 Å². The maximum Gasteiger partial charge on any atom is 0.331 e. The fraction of sp³-hybridized carbons (Fsp3) is 0.561. The molecule has 278 valence electrons. The molecular weight excluding hydrogens is 681 g/mol. The van der Waals surface area contributed by atoms with Crippen molar-refractivity contribution < 1.29 is 28.9 Å². The lowest BCUT2D eigenvalue weighted by atomic mass is 9.73. The molecular formula is C41H56N2O6S2. The topological polar surface area (TPSA) is 111 Å². The third kappa shape index (κ3) is 11.9. The second-order valence-corrected chi connectivity index (χ2v) is 15.8. The zero-order valence-electron chi connectivity index (χ0n) is 31.4. The van der Waals surface area contributed by atoms with E-state index in [4.69, 9.17) is 9.68 Å². The SMILES string of the molecule is CCCCCC/C(=N\OC(C)=O)C(=O)c1ccc2c(c1)C(CCSCC)(CCSCC)c1cc(C(=O)/C(CCCCCC)=N/OC(C)=O)ccc1-2. The number of hydrogen-bond acceptors (Lipinski definition) is 10. The van der Waals surface area contributed by atoms with E-state index in [9.17, 15) is 19.2 Å². The number of ketones is 2. The van der Waals surface area contributed by atoms with Crippen molar-refractivity contribution in [1.82, 2.24) is 0 Å². The van der Waals surface area contributed by atoms with Crippen LogP contribution >= 0.6 is 23.5 Å². The van der Waals surface area contributed by atoms with E-state index in [1.807, 2.05) is 59.9 Å². The van der Waals surface area contributed by atoms with Crippen molar-refractivity contribution >= 4 is 58.5 Å². The summed E-state index contributed by atoms with van der Waals surface area (Å²) in [6.45, 7) is 11.1. The molecule has 0 fully saturated rings. The predicted molar refractivity (Wildman–Crippen MR) is 212 cm³/mol. The van der Waals surface area contributed by atoms with Crippen LogP contribution in [0.4, 0.5) is 0 Å². The Kier molecular flexibility index (Phi) is 18.2. The highest BCUT2D eigenvalue weighted by Gasteiger charge is 2.43. The van der Waals surface area contributed by atoms with Crippen molar-refractivity contribution in [2.75, 3.05) is 23.0 Å². The maximum atomic E-state index is 14.1. The fourth-order valence-corrected chi connectivity index (χ4v) is 8.20. The van der Waals surface area contributed by atoms with Crippen LogP contribution in [0.3, 0.4) is 0 Å². The van der Waals surface area contributed by atoms with E-state index < -0.39 is 17.4 Å². The normalized spacial score (nSPS) is 13.5. The zero-order chi connectivity index (χ0) is 37.2. The van der Waals surface area contributed by atoms with Gasteiger partial charge in [0.05, 0.1) is 0 Å². The van der Waals surface area contributed by atoms with Crippen molar-refractivity contribution in [3.8, 4) is 11.1 Å². The first-order chi connectivity index (χ1) is 24.6. The molecule has 3 rings (SSSR count). The minimum Gasteiger partial charge on any atom is -0.318 e. The molecule has 0 amide bonds. The molecule has 0 aromatic heterocycles. The van der Waals surface area contributed by atoms with Crippen LogP contribution in [0.5, 0.6) is 0 Å². The Morgan fingerprint density at radius 3 is 1.37 bits per heavy atom. The van der Waals surface area contributed by atoms with E-state index in [2.05, 4.69) is 38.0 Å². The average Bonchev–Trinajstić information content (AvgIpc) is 3.38. The molecule has 0 unspecified atom stereocenters. The number of unbranched alkanes of at least 4 members (excludes halogenated alkanes) is 6. The van der Waals surface area contributed by atoms with Gasteiger partial charge in [-0.05, 0) is 95.9 Å². The predicted octanol–water partition coefficient (Wildman–Crippen LogP) is 10.4. The van der Waals surface area contributed by atoms with Gasteiger partial charge in [-0.1, -0.05) is 101 Å². The summed E-state index contributed by atoms with van der Waals surface area (Å²) in [7, 11) is 0. The number of carbonyl (C=O) groups excluding carboxylic acids is 4. The van der Waals surface area contributed by atoms with E-state index in [1.54, 1.807) is 0 Å². The minimum atomic E-state index is -0.563. The van der Waals surface area contributed by atoms with Gasteiger partial charge in [0.2, 0.25) is 11.6 Å². The molecule has 2 aromatic carbocycles. The molecule has 1 aliphatic carbocycles. The lowest BCUT2D eigenvalue weighted by Crippen LogP contribution is -2.28. The molecule has 10 heteroatoms. The lowest BCUT2D eigenvalue weighted by Gasteiger charge is -2.33. The number of oxime groups is 2. The molecule has 0 bridgehead atoms. The van der Waals surface area contributed by atoms with Gasteiger partial charge in [-0.15, -0.1) is 0 Å². The van der Waals surface area contributed by atoms with Gasteiger partial charge in [-0.3, -0.25) is 9.59 Å². The Morgan fingerprint density at radius 1 is 0.608 bits per heavy atom. The van der Waals surface area contributed by atoms with Gasteiger partial charge in [0, 0.05) is 30.4 Å². The summed E-state index contributed by atoms with van der Waals surface area (Å²) in [6, 6.07) is 11.8. The third-order valence-corrected chi connectivity index (χ3v) is 11.1. The average molecular weight is 737 g/mol. The third-order valence-electron chi connectivity index (χ3n) is 9.27. The fourth-order valence-electron chi connectivity index (χ4n) is 6.63. The number of Topliss-reactive ketones (excluding diaryl/α,β-unsaturated/α-hetero) is 2. The number of carbonyl (C=O) groups is 4. The van der Waals surface area contributed by atoms with Crippen LogP contribution in [0.25, 0.3) is 11.1 Å². The summed E-state index contributed by atoms with van der Waals surface area (Å²) in [5.74, 6) is 2.19. The van der Waals surface area contributed by atoms with Gasteiger partial charge in [0.15, 0.2) is 0 Å². The number of hydrogen-bond donors (Lipinski definition) is 0. The van der Waals surface area contributed by atoms with E-state index in [0.29, 0.717) is 24.0 Å². The summed E-state index contributed by atoms with van der Waals surface area (Å²) in [5.41, 5.74) is 5.34. The van der Waals surface area contributed by atoms with Gasteiger partial charge in [-0.25, -0.2) is 9.59 Å². The Labute approximate surface area is 313 Å². The van der Waals surface area contributed by atoms with Gasteiger partial charge in [0.1, 0.15) is 11.4 Å². The quantitative estimate of drug-likeness (QED) is 0.0344. The second-order valence-electron chi connectivity index (χ2n) is 13.0. The highest BCUT2D eigenvalue weighted by Crippen LogP contribution is 2.54. The number of fused-ring (bicyclic) bond motifs is 3. The standard InChI is InChI=1S/C41H56N2O6S2/c1-7-11-13-15-17-37(42-48-29(5)44)39(46)31-19-21-33-34-22-20-32(40(47)38(43-49-30(6)45)18-16-14-12-8-2)28-36(34)41(35(33)27-31,23-25-50-9-3)24-26-51-10-4/h19-22,27-28H,7-18,23-26H2,1-6H3/b42-37+,43-38+. The highest BCUT2D eigenvalue weighted by molar-refractivity contribution is 7.99. The number of rotatable bonds is 24. The van der Waals surface area contributed by atoms with Gasteiger partial charge < -0.3 is 9.68 Å². The molecule has 0 saturated heterocycles. The van der Waals surface area contributed by atoms with Crippen molar-refractivity contribution in [3.05, 3.63) is 58.7 Å². The molecule has 0 saturated carbocycles. The van der Waals surface area contributed by atoms with Gasteiger partial charge in [-0.2, -0.15) is 23.5 Å². The second kappa shape index (κ2) is 22.0. The van der Waals surface area contributed by atoms with Crippen LogP contribution in [-0.4, -0.2) is 57.9 Å². The molecule has 0 N–H and O–H groups in total. The largest absolute Gasteiger partial charge is 0.331 e. The summed E-state index contributed by atoms with van der Waals surface area (Å²) in [6.07, 6.45) is 10.2. The number of benzene rings is 2. The number of thioether (sulfide) groups is 2. The van der Waals surface area contributed by atoms with Crippen LogP contribution in [-0.2, 0) is 24.7 Å². The van der Waals surface area contributed by atoms with Crippen LogP contribution in [0.2, 0.25) is 0 Å². The Balaban J connectivity index is 2.15. The molecule has 51 heavy (non-hydrogen) atoms.